The molecule has 1 fully saturated rings. The standard InChI is InChI=1S/C22H27F3N6O3S/c1-21(2)20(26)31-22(3,16-6-7-29-35(16,21)33)13-8-12(4-5-14(13)23)30-19(32)15-9-28-18(10-27-15)34-11-17(24)25/h4-5,8-10,16-17,29,33H,6-7,11H2,1-3H3,(H2,26,31)(H,30,32)/t16-,22+/m0/s1. The molecule has 35 heavy (non-hydrogen) atoms. The van der Waals surface area contributed by atoms with Gasteiger partial charge < -0.3 is 20.3 Å². The third-order valence-corrected chi connectivity index (χ3v) is 10.4. The lowest BCUT2D eigenvalue weighted by Gasteiger charge is -2.56. The molecular formula is C22H27F3N6O3S. The summed E-state index contributed by atoms with van der Waals surface area (Å²) in [5.41, 5.74) is 5.48. The van der Waals surface area contributed by atoms with Gasteiger partial charge >= 0.3 is 0 Å². The number of ether oxygens (including phenoxy) is 1. The Morgan fingerprint density at radius 2 is 2.09 bits per heavy atom. The number of rotatable bonds is 6. The molecule has 1 aromatic heterocycles. The Kier molecular flexibility index (Phi) is 6.45. The quantitative estimate of drug-likeness (QED) is 0.466. The summed E-state index contributed by atoms with van der Waals surface area (Å²) in [6.45, 7) is 5.09. The highest BCUT2D eigenvalue weighted by molar-refractivity contribution is 8.29. The first-order valence-electron chi connectivity index (χ1n) is 10.9. The second kappa shape index (κ2) is 8.95. The summed E-state index contributed by atoms with van der Waals surface area (Å²) < 4.78 is 58.4. The zero-order valence-corrected chi connectivity index (χ0v) is 20.2. The molecule has 1 saturated heterocycles. The lowest BCUT2D eigenvalue weighted by Crippen LogP contribution is -2.57. The molecule has 3 heterocycles. The normalized spacial score (nSPS) is 29.1. The molecule has 0 bridgehead atoms. The molecule has 2 aromatic rings. The van der Waals surface area contributed by atoms with Crippen LogP contribution in [-0.4, -0.2) is 55.8 Å². The van der Waals surface area contributed by atoms with Crippen LogP contribution in [-0.2, 0) is 5.54 Å². The predicted octanol–water partition coefficient (Wildman–Crippen LogP) is 3.43. The van der Waals surface area contributed by atoms with Crippen LogP contribution >= 0.6 is 10.5 Å². The van der Waals surface area contributed by atoms with E-state index in [1.54, 1.807) is 6.92 Å². The zero-order chi connectivity index (χ0) is 25.6. The van der Waals surface area contributed by atoms with Crippen molar-refractivity contribution in [1.29, 1.82) is 0 Å². The van der Waals surface area contributed by atoms with Gasteiger partial charge in [0.1, 0.15) is 22.9 Å². The highest BCUT2D eigenvalue weighted by Gasteiger charge is 2.60. The second-order valence-electron chi connectivity index (χ2n) is 9.04. The van der Waals surface area contributed by atoms with Gasteiger partial charge in [-0.05, 0) is 45.4 Å². The first-order chi connectivity index (χ1) is 16.4. The maximum absolute atomic E-state index is 15.1. The van der Waals surface area contributed by atoms with Gasteiger partial charge in [0.25, 0.3) is 12.3 Å². The molecule has 0 radical (unpaired) electrons. The molecule has 2 aliphatic heterocycles. The van der Waals surface area contributed by atoms with Crippen LogP contribution in [0, 0.1) is 5.82 Å². The molecule has 0 saturated carbocycles. The van der Waals surface area contributed by atoms with E-state index in [9.17, 15) is 18.1 Å². The SMILES string of the molecule is CC1(C)C(N)=N[C@](C)(c2cc(NC(=O)c3cnc(OCC(F)F)cn3)ccc2F)[C@@H]2CCNS21O. The van der Waals surface area contributed by atoms with E-state index in [1.165, 1.54) is 18.2 Å². The largest absolute Gasteiger partial charge is 0.470 e. The van der Waals surface area contributed by atoms with Gasteiger partial charge in [-0.15, -0.1) is 0 Å². The van der Waals surface area contributed by atoms with Crippen LogP contribution < -0.4 is 20.5 Å². The monoisotopic (exact) mass is 512 g/mol. The van der Waals surface area contributed by atoms with Crippen LogP contribution in [0.25, 0.3) is 0 Å². The van der Waals surface area contributed by atoms with Gasteiger partial charge in [-0.2, -0.15) is 0 Å². The molecule has 0 spiro atoms. The first-order valence-corrected chi connectivity index (χ1v) is 12.5. The van der Waals surface area contributed by atoms with Crippen LogP contribution in [0.1, 0.15) is 43.2 Å². The molecule has 0 aliphatic carbocycles. The Morgan fingerprint density at radius 3 is 2.74 bits per heavy atom. The molecule has 4 rings (SSSR count). The van der Waals surface area contributed by atoms with Gasteiger partial charge in [0, 0.05) is 17.8 Å². The Morgan fingerprint density at radius 1 is 1.34 bits per heavy atom. The Bertz CT molecular complexity index is 1170. The summed E-state index contributed by atoms with van der Waals surface area (Å²) in [7, 11) is -2.48. The van der Waals surface area contributed by atoms with Crippen LogP contribution in [0.4, 0.5) is 18.9 Å². The van der Waals surface area contributed by atoms with Gasteiger partial charge in [0.15, 0.2) is 6.61 Å². The number of aromatic nitrogens is 2. The number of nitrogens with one attached hydrogen (secondary N) is 2. The van der Waals surface area contributed by atoms with E-state index in [0.717, 1.165) is 12.4 Å². The van der Waals surface area contributed by atoms with Crippen molar-refractivity contribution >= 4 is 27.9 Å². The molecule has 9 nitrogen and oxygen atoms in total. The molecule has 1 unspecified atom stereocenters. The number of alkyl halides is 2. The predicted molar refractivity (Wildman–Crippen MR) is 128 cm³/mol. The first kappa shape index (κ1) is 25.2. The minimum atomic E-state index is -2.66. The van der Waals surface area contributed by atoms with Crippen LogP contribution in [0.5, 0.6) is 5.88 Å². The molecule has 1 amide bonds. The minimum Gasteiger partial charge on any atom is -0.470 e. The lowest BCUT2D eigenvalue weighted by molar-refractivity contribution is 0.0792. The van der Waals surface area contributed by atoms with Crippen LogP contribution in [0.2, 0.25) is 0 Å². The average Bonchev–Trinajstić information content (AvgIpc) is 3.23. The number of amides is 1. The average molecular weight is 513 g/mol. The number of hydrogen-bond acceptors (Lipinski definition) is 8. The number of anilines is 1. The van der Waals surface area contributed by atoms with Gasteiger partial charge in [-0.25, -0.2) is 23.1 Å². The molecule has 13 heteroatoms. The van der Waals surface area contributed by atoms with E-state index in [2.05, 4.69) is 25.0 Å². The number of hydrogen-bond donors (Lipinski definition) is 4. The topological polar surface area (TPSA) is 135 Å². The highest BCUT2D eigenvalue weighted by atomic mass is 32.3. The molecule has 1 aromatic carbocycles. The van der Waals surface area contributed by atoms with E-state index in [0.29, 0.717) is 13.0 Å². The number of carbonyl (C=O) groups excluding carboxylic acids is 1. The summed E-state index contributed by atoms with van der Waals surface area (Å²) >= 11 is 0. The summed E-state index contributed by atoms with van der Waals surface area (Å²) in [5.74, 6) is -1.11. The molecule has 3 atom stereocenters. The molecule has 190 valence electrons. The molecule has 5 N–H and O–H groups in total. The van der Waals surface area contributed by atoms with Crippen molar-refractivity contribution in [2.24, 2.45) is 10.7 Å². The van der Waals surface area contributed by atoms with Crippen molar-refractivity contribution in [1.82, 2.24) is 14.7 Å². The number of halogens is 3. The number of amidine groups is 1. The van der Waals surface area contributed by atoms with Crippen molar-refractivity contribution < 1.29 is 27.3 Å². The van der Waals surface area contributed by atoms with Crippen molar-refractivity contribution in [2.75, 3.05) is 18.5 Å². The number of nitrogens with zero attached hydrogens (tertiary/aromatic N) is 3. The van der Waals surface area contributed by atoms with E-state index < -0.39 is 50.8 Å². The molecule has 2 aliphatic rings. The summed E-state index contributed by atoms with van der Waals surface area (Å²) in [6.07, 6.45) is 0.0615. The number of nitrogens with two attached hydrogens (primary N) is 1. The third kappa shape index (κ3) is 4.32. The van der Waals surface area contributed by atoms with Gasteiger partial charge in [-0.1, -0.05) is 10.5 Å². The maximum atomic E-state index is 15.1. The van der Waals surface area contributed by atoms with Crippen molar-refractivity contribution in [3.05, 3.63) is 47.7 Å². The van der Waals surface area contributed by atoms with E-state index >= 15 is 4.39 Å². The fraction of sp³-hybridized carbons (Fsp3) is 0.455. The zero-order valence-electron chi connectivity index (χ0n) is 19.4. The van der Waals surface area contributed by atoms with Crippen molar-refractivity contribution in [3.63, 3.8) is 0 Å². The molecular weight excluding hydrogens is 485 g/mol. The van der Waals surface area contributed by atoms with Gasteiger partial charge in [0.2, 0.25) is 5.88 Å². The van der Waals surface area contributed by atoms with Crippen LogP contribution in [0.3, 0.4) is 0 Å². The van der Waals surface area contributed by atoms with E-state index in [-0.39, 0.29) is 28.7 Å². The second-order valence-corrected chi connectivity index (χ2v) is 12.2. The lowest BCUT2D eigenvalue weighted by atomic mass is 9.86. The van der Waals surface area contributed by atoms with Crippen molar-refractivity contribution in [3.8, 4) is 5.88 Å². The van der Waals surface area contributed by atoms with Crippen molar-refractivity contribution in [2.45, 2.75) is 49.2 Å². The number of carbonyl (C=O) groups is 1. The summed E-state index contributed by atoms with van der Waals surface area (Å²) in [5, 5.41) is 2.23. The summed E-state index contributed by atoms with van der Waals surface area (Å²) in [4.78, 5) is 25.0. The number of aliphatic imine (C=N–C) groups is 1. The Labute approximate surface area is 202 Å². The smallest absolute Gasteiger partial charge is 0.275 e. The van der Waals surface area contributed by atoms with Gasteiger partial charge in [-0.3, -0.25) is 14.5 Å². The van der Waals surface area contributed by atoms with Crippen LogP contribution in [0.15, 0.2) is 35.6 Å². The van der Waals surface area contributed by atoms with Gasteiger partial charge in [0.05, 0.1) is 22.4 Å². The minimum absolute atomic E-state index is 0.0908. The van der Waals surface area contributed by atoms with E-state index in [4.69, 9.17) is 10.5 Å². The summed E-state index contributed by atoms with van der Waals surface area (Å²) in [6, 6.07) is 4.07. The number of fused-ring (bicyclic) bond motifs is 1. The fourth-order valence-electron chi connectivity index (χ4n) is 4.46. The highest BCUT2D eigenvalue weighted by Crippen LogP contribution is 2.67. The fourth-order valence-corrected chi connectivity index (χ4v) is 7.83. The third-order valence-electron chi connectivity index (χ3n) is 6.50. The maximum Gasteiger partial charge on any atom is 0.275 e. The Hall–Kier alpha value is -2.90. The number of benzene rings is 1. The Balaban J connectivity index is 1.61. The van der Waals surface area contributed by atoms with E-state index in [1.807, 2.05) is 13.8 Å².